The van der Waals surface area contributed by atoms with Crippen molar-refractivity contribution in [2.75, 3.05) is 0 Å². The molecule has 0 heterocycles. The third-order valence-corrected chi connectivity index (χ3v) is 2.95. The zero-order chi connectivity index (χ0) is 10.4. The lowest BCUT2D eigenvalue weighted by Gasteiger charge is -2.01. The van der Waals surface area contributed by atoms with Gasteiger partial charge in [-0.25, -0.2) is 0 Å². The van der Waals surface area contributed by atoms with Gasteiger partial charge in [-0.15, -0.1) is 0 Å². The van der Waals surface area contributed by atoms with E-state index in [0.29, 0.717) is 15.1 Å². The number of hydrogen-bond acceptors (Lipinski definition) is 3. The molecule has 0 saturated heterocycles. The first-order chi connectivity index (χ1) is 6.72. The fraction of sp³-hybridized carbons (Fsp3) is 0.111. The minimum Gasteiger partial charge on any atom is -0.278 e. The molecule has 0 aromatic heterocycles. The van der Waals surface area contributed by atoms with E-state index in [0.717, 1.165) is 5.56 Å². The number of nitrogens with one attached hydrogen (secondary N) is 1. The van der Waals surface area contributed by atoms with Crippen molar-refractivity contribution >= 4 is 39.9 Å². The van der Waals surface area contributed by atoms with Crippen LogP contribution >= 0.6 is 35.6 Å². The molecule has 5 heteroatoms. The molecule has 0 bridgehead atoms. The zero-order valence-electron chi connectivity index (χ0n) is 7.16. The Labute approximate surface area is 97.3 Å². The maximum Gasteiger partial charge on any atom is 0.182 e. The minimum absolute atomic E-state index is 0.479. The van der Waals surface area contributed by atoms with Gasteiger partial charge < -0.3 is 0 Å². The zero-order valence-corrected chi connectivity index (χ0v) is 9.55. The van der Waals surface area contributed by atoms with E-state index in [-0.39, 0.29) is 0 Å². The van der Waals surface area contributed by atoms with Gasteiger partial charge in [-0.3, -0.25) is 5.32 Å². The summed E-state index contributed by atoms with van der Waals surface area (Å²) in [6.45, 7) is 0. The van der Waals surface area contributed by atoms with Crippen molar-refractivity contribution in [3.05, 3.63) is 34.9 Å². The van der Waals surface area contributed by atoms with Gasteiger partial charge in [0.15, 0.2) is 6.19 Å². The number of rotatable bonds is 2. The standard InChI is InChI=1S/C9H7ClN2S2/c10-8-3-1-2-7(4-8)5-14-9(13)12-6-11/h1-4H,5H2,(H,12,13). The molecule has 14 heavy (non-hydrogen) atoms. The van der Waals surface area contributed by atoms with E-state index in [2.05, 4.69) is 5.32 Å². The number of hydrogen-bond donors (Lipinski definition) is 1. The second-order valence-electron chi connectivity index (χ2n) is 2.44. The van der Waals surface area contributed by atoms with Gasteiger partial charge in [0.2, 0.25) is 0 Å². The average molecular weight is 243 g/mol. The van der Waals surface area contributed by atoms with E-state index >= 15 is 0 Å². The number of thiocarbonyl (C=S) groups is 1. The van der Waals surface area contributed by atoms with Crippen molar-refractivity contribution in [1.82, 2.24) is 5.32 Å². The van der Waals surface area contributed by atoms with E-state index in [1.54, 1.807) is 6.19 Å². The highest BCUT2D eigenvalue weighted by Crippen LogP contribution is 2.16. The average Bonchev–Trinajstić information content (AvgIpc) is 2.15. The molecule has 1 rings (SSSR count). The minimum atomic E-state index is 0.479. The Morgan fingerprint density at radius 3 is 3.07 bits per heavy atom. The van der Waals surface area contributed by atoms with Crippen molar-refractivity contribution in [1.29, 1.82) is 5.26 Å². The number of thioether (sulfide) groups is 1. The van der Waals surface area contributed by atoms with Crippen LogP contribution in [0.3, 0.4) is 0 Å². The van der Waals surface area contributed by atoms with Crippen LogP contribution < -0.4 is 5.32 Å². The molecule has 0 atom stereocenters. The molecule has 1 aromatic carbocycles. The first-order valence-corrected chi connectivity index (χ1v) is 5.56. The molecule has 0 fully saturated rings. The van der Waals surface area contributed by atoms with Crippen LogP contribution in [0, 0.1) is 11.5 Å². The molecule has 0 radical (unpaired) electrons. The Morgan fingerprint density at radius 2 is 2.43 bits per heavy atom. The Balaban J connectivity index is 2.46. The predicted molar refractivity (Wildman–Crippen MR) is 64.1 cm³/mol. The SMILES string of the molecule is N#CNC(=S)SCc1cccc(Cl)c1. The fourth-order valence-corrected chi connectivity index (χ4v) is 1.89. The summed E-state index contributed by atoms with van der Waals surface area (Å²) in [6, 6.07) is 7.55. The van der Waals surface area contributed by atoms with E-state index in [4.69, 9.17) is 29.1 Å². The fourth-order valence-electron chi connectivity index (χ4n) is 0.857. The quantitative estimate of drug-likeness (QED) is 0.492. The van der Waals surface area contributed by atoms with Gasteiger partial charge in [0.1, 0.15) is 4.32 Å². The van der Waals surface area contributed by atoms with E-state index in [1.807, 2.05) is 24.3 Å². The molecule has 0 unspecified atom stereocenters. The smallest absolute Gasteiger partial charge is 0.182 e. The highest BCUT2D eigenvalue weighted by Gasteiger charge is 1.98. The second-order valence-corrected chi connectivity index (χ2v) is 4.53. The van der Waals surface area contributed by atoms with Crippen LogP contribution in [0.2, 0.25) is 5.02 Å². The van der Waals surface area contributed by atoms with Crippen molar-refractivity contribution in [2.24, 2.45) is 0 Å². The monoisotopic (exact) mass is 242 g/mol. The normalized spacial score (nSPS) is 9.14. The lowest BCUT2D eigenvalue weighted by Crippen LogP contribution is -2.10. The van der Waals surface area contributed by atoms with Crippen molar-refractivity contribution in [3.63, 3.8) is 0 Å². The molecular weight excluding hydrogens is 236 g/mol. The van der Waals surface area contributed by atoms with E-state index in [1.165, 1.54) is 11.8 Å². The largest absolute Gasteiger partial charge is 0.278 e. The number of benzene rings is 1. The molecule has 0 spiro atoms. The van der Waals surface area contributed by atoms with Gasteiger partial charge in [-0.1, -0.05) is 47.7 Å². The Kier molecular flexibility index (Phi) is 4.74. The summed E-state index contributed by atoms with van der Waals surface area (Å²) in [5.74, 6) is 0.716. The number of nitriles is 1. The van der Waals surface area contributed by atoms with Gasteiger partial charge in [-0.05, 0) is 17.7 Å². The molecule has 0 amide bonds. The Bertz CT molecular complexity index is 373. The summed E-state index contributed by atoms with van der Waals surface area (Å²) < 4.78 is 0.479. The molecule has 2 nitrogen and oxygen atoms in total. The van der Waals surface area contributed by atoms with Crippen LogP contribution in [0.25, 0.3) is 0 Å². The first-order valence-electron chi connectivity index (χ1n) is 3.78. The number of halogens is 1. The van der Waals surface area contributed by atoms with Crippen LogP contribution in [0.1, 0.15) is 5.56 Å². The van der Waals surface area contributed by atoms with Crippen molar-refractivity contribution in [3.8, 4) is 6.19 Å². The van der Waals surface area contributed by atoms with E-state index < -0.39 is 0 Å². The maximum atomic E-state index is 8.29. The highest BCUT2D eigenvalue weighted by atomic mass is 35.5. The Hall–Kier alpha value is -0.760. The van der Waals surface area contributed by atoms with Gasteiger partial charge >= 0.3 is 0 Å². The summed E-state index contributed by atoms with van der Waals surface area (Å²) in [7, 11) is 0. The van der Waals surface area contributed by atoms with Crippen LogP contribution in [0.4, 0.5) is 0 Å². The van der Waals surface area contributed by atoms with Crippen molar-refractivity contribution < 1.29 is 0 Å². The Morgan fingerprint density at radius 1 is 1.64 bits per heavy atom. The molecule has 0 aliphatic carbocycles. The van der Waals surface area contributed by atoms with E-state index in [9.17, 15) is 0 Å². The first kappa shape index (κ1) is 11.3. The molecule has 72 valence electrons. The molecule has 0 aliphatic rings. The van der Waals surface area contributed by atoms with Crippen molar-refractivity contribution in [2.45, 2.75) is 5.75 Å². The third-order valence-electron chi connectivity index (χ3n) is 1.42. The van der Waals surface area contributed by atoms with Crippen LogP contribution in [0.15, 0.2) is 24.3 Å². The predicted octanol–water partition coefficient (Wildman–Crippen LogP) is 2.93. The second kappa shape index (κ2) is 5.86. The lowest BCUT2D eigenvalue weighted by molar-refractivity contribution is 1.31. The topological polar surface area (TPSA) is 35.8 Å². The van der Waals surface area contributed by atoms with Gasteiger partial charge in [0, 0.05) is 10.8 Å². The molecule has 0 saturated carbocycles. The van der Waals surface area contributed by atoms with Crippen LogP contribution in [-0.2, 0) is 5.75 Å². The molecule has 1 N–H and O–H groups in total. The maximum absolute atomic E-state index is 8.29. The van der Waals surface area contributed by atoms with Gasteiger partial charge in [0.25, 0.3) is 0 Å². The summed E-state index contributed by atoms with van der Waals surface area (Å²) >= 11 is 12.1. The van der Waals surface area contributed by atoms with Gasteiger partial charge in [-0.2, -0.15) is 5.26 Å². The lowest BCUT2D eigenvalue weighted by atomic mass is 10.2. The summed E-state index contributed by atoms with van der Waals surface area (Å²) in [5.41, 5.74) is 1.09. The van der Waals surface area contributed by atoms with Crippen LogP contribution in [0.5, 0.6) is 0 Å². The summed E-state index contributed by atoms with van der Waals surface area (Å²) in [5, 5.41) is 11.4. The molecule has 0 aliphatic heterocycles. The van der Waals surface area contributed by atoms with Gasteiger partial charge in [0.05, 0.1) is 0 Å². The van der Waals surface area contributed by atoms with Crippen LogP contribution in [-0.4, -0.2) is 4.32 Å². The summed E-state index contributed by atoms with van der Waals surface area (Å²) in [4.78, 5) is 0. The molecule has 1 aromatic rings. The highest BCUT2D eigenvalue weighted by molar-refractivity contribution is 8.22. The number of nitrogens with zero attached hydrogens (tertiary/aromatic N) is 1. The molecular formula is C9H7ClN2S2. The summed E-state index contributed by atoms with van der Waals surface area (Å²) in [6.07, 6.45) is 1.78. The third kappa shape index (κ3) is 3.97.